The highest BCUT2D eigenvalue weighted by Gasteiger charge is 2.30. The van der Waals surface area contributed by atoms with E-state index >= 15 is 0 Å². The van der Waals surface area contributed by atoms with E-state index in [-0.39, 0.29) is 28.2 Å². The average molecular weight is 532 g/mol. The summed E-state index contributed by atoms with van der Waals surface area (Å²) in [6.45, 7) is 0.931. The van der Waals surface area contributed by atoms with Crippen LogP contribution in [0, 0.1) is 0 Å². The van der Waals surface area contributed by atoms with Crippen LogP contribution in [0.2, 0.25) is 5.02 Å². The van der Waals surface area contributed by atoms with Crippen molar-refractivity contribution in [3.05, 3.63) is 44.9 Å². The number of carbonyl (C=O) groups excluding carboxylic acids is 1. The van der Waals surface area contributed by atoms with Crippen LogP contribution in [-0.2, 0) is 14.8 Å². The number of nitrogens with one attached hydrogen (secondary N) is 2. The van der Waals surface area contributed by atoms with Gasteiger partial charge in [-0.2, -0.15) is 0 Å². The maximum atomic E-state index is 13.0. The second-order valence-electron chi connectivity index (χ2n) is 7.61. The molecule has 1 saturated heterocycles. The van der Waals surface area contributed by atoms with E-state index in [4.69, 9.17) is 16.3 Å². The molecule has 2 fully saturated rings. The van der Waals surface area contributed by atoms with Gasteiger partial charge in [-0.1, -0.05) is 27.5 Å². The Morgan fingerprint density at radius 2 is 1.87 bits per heavy atom. The topological polar surface area (TPSA) is 125 Å². The minimum absolute atomic E-state index is 0.0227. The Bertz CT molecular complexity index is 1150. The van der Waals surface area contributed by atoms with Crippen LogP contribution in [-0.4, -0.2) is 43.8 Å². The molecule has 8 nitrogen and oxygen atoms in total. The van der Waals surface area contributed by atoms with E-state index in [0.29, 0.717) is 24.1 Å². The Morgan fingerprint density at radius 1 is 1.13 bits per heavy atom. The Hall–Kier alpha value is -2.01. The summed E-state index contributed by atoms with van der Waals surface area (Å²) in [5.41, 5.74) is 0.582. The smallest absolute Gasteiger partial charge is 0.265 e. The summed E-state index contributed by atoms with van der Waals surface area (Å²) >= 11 is 9.05. The molecule has 1 saturated carbocycles. The number of benzene rings is 2. The number of phenols is 2. The van der Waals surface area contributed by atoms with Crippen LogP contribution in [0.3, 0.4) is 0 Å². The zero-order chi connectivity index (χ0) is 22.3. The Kier molecular flexibility index (Phi) is 6.08. The molecule has 0 radical (unpaired) electrons. The minimum Gasteiger partial charge on any atom is -0.505 e. The van der Waals surface area contributed by atoms with Crippen molar-refractivity contribution in [3.8, 4) is 11.5 Å². The fourth-order valence-corrected chi connectivity index (χ4v) is 5.64. The minimum atomic E-state index is -4.32. The first-order valence-corrected chi connectivity index (χ1v) is 12.3. The highest BCUT2D eigenvalue weighted by atomic mass is 79.9. The number of aromatic hydroxyl groups is 2. The number of ether oxygens (including phenoxy) is 1. The highest BCUT2D eigenvalue weighted by molar-refractivity contribution is 9.10. The molecule has 31 heavy (non-hydrogen) atoms. The van der Waals surface area contributed by atoms with Gasteiger partial charge in [-0.25, -0.2) is 8.42 Å². The zero-order valence-corrected chi connectivity index (χ0v) is 19.3. The molecule has 11 heteroatoms. The summed E-state index contributed by atoms with van der Waals surface area (Å²) in [5, 5.41) is 23.5. The van der Waals surface area contributed by atoms with E-state index < -0.39 is 32.3 Å². The van der Waals surface area contributed by atoms with Crippen molar-refractivity contribution in [2.45, 2.75) is 36.1 Å². The van der Waals surface area contributed by atoms with Crippen LogP contribution in [0.5, 0.6) is 11.5 Å². The number of carbonyl (C=O) groups is 1. The highest BCUT2D eigenvalue weighted by Crippen LogP contribution is 2.44. The quantitative estimate of drug-likeness (QED) is 0.421. The lowest BCUT2D eigenvalue weighted by Gasteiger charge is -2.17. The normalized spacial score (nSPS) is 18.7. The monoisotopic (exact) mass is 530 g/mol. The van der Waals surface area contributed by atoms with Gasteiger partial charge in [-0.3, -0.25) is 9.52 Å². The molecule has 0 spiro atoms. The van der Waals surface area contributed by atoms with Crippen LogP contribution < -0.4 is 10.0 Å². The number of rotatable bonds is 6. The molecule has 166 valence electrons. The SMILES string of the molecule is O=C(N[C@H]1CCOC1)c1cc(C2CC2)cc(NS(=O)(=O)c2cc(Br)cc(Cl)c2O)c1O. The van der Waals surface area contributed by atoms with E-state index in [9.17, 15) is 23.4 Å². The van der Waals surface area contributed by atoms with E-state index in [1.807, 2.05) is 0 Å². The number of sulfonamides is 1. The summed E-state index contributed by atoms with van der Waals surface area (Å²) in [6.07, 6.45) is 2.49. The zero-order valence-electron chi connectivity index (χ0n) is 16.2. The van der Waals surface area contributed by atoms with Gasteiger partial charge in [0, 0.05) is 11.1 Å². The molecule has 2 aromatic rings. The Labute approximate surface area is 192 Å². The summed E-state index contributed by atoms with van der Waals surface area (Å²) in [7, 11) is -4.32. The van der Waals surface area contributed by atoms with Gasteiger partial charge in [-0.05, 0) is 55.0 Å². The summed E-state index contributed by atoms with van der Waals surface area (Å²) in [6, 6.07) is 5.48. The largest absolute Gasteiger partial charge is 0.505 e. The summed E-state index contributed by atoms with van der Waals surface area (Å²) in [5.74, 6) is -1.43. The predicted molar refractivity (Wildman–Crippen MR) is 118 cm³/mol. The molecular formula is C20H20BrClN2O6S. The van der Waals surface area contributed by atoms with Gasteiger partial charge in [0.15, 0.2) is 11.5 Å². The molecular weight excluding hydrogens is 512 g/mol. The fraction of sp³-hybridized carbons (Fsp3) is 0.350. The van der Waals surface area contributed by atoms with Gasteiger partial charge in [0.2, 0.25) is 0 Å². The van der Waals surface area contributed by atoms with Crippen molar-refractivity contribution >= 4 is 49.1 Å². The maximum absolute atomic E-state index is 13.0. The van der Waals surface area contributed by atoms with E-state index in [1.165, 1.54) is 18.2 Å². The number of anilines is 1. The van der Waals surface area contributed by atoms with Gasteiger partial charge in [0.1, 0.15) is 4.90 Å². The van der Waals surface area contributed by atoms with Crippen LogP contribution in [0.25, 0.3) is 0 Å². The lowest BCUT2D eigenvalue weighted by atomic mass is 10.0. The predicted octanol–water partition coefficient (Wildman–Crippen LogP) is 3.71. The van der Waals surface area contributed by atoms with Gasteiger partial charge in [-0.15, -0.1) is 0 Å². The molecule has 1 amide bonds. The molecule has 1 heterocycles. The van der Waals surface area contributed by atoms with Crippen molar-refractivity contribution in [2.75, 3.05) is 17.9 Å². The molecule has 4 rings (SSSR count). The second-order valence-corrected chi connectivity index (χ2v) is 10.6. The van der Waals surface area contributed by atoms with Crippen molar-refractivity contribution in [2.24, 2.45) is 0 Å². The molecule has 0 aromatic heterocycles. The number of phenolic OH excluding ortho intramolecular Hbond substituents is 2. The third-order valence-corrected chi connectivity index (χ3v) is 7.34. The number of hydrogen-bond acceptors (Lipinski definition) is 6. The molecule has 0 bridgehead atoms. The van der Waals surface area contributed by atoms with Crippen LogP contribution in [0.4, 0.5) is 5.69 Å². The lowest BCUT2D eigenvalue weighted by molar-refractivity contribution is 0.0927. The molecule has 0 unspecified atom stereocenters. The molecule has 1 aliphatic heterocycles. The lowest BCUT2D eigenvalue weighted by Crippen LogP contribution is -2.35. The molecule has 2 aromatic carbocycles. The van der Waals surface area contributed by atoms with Gasteiger partial charge >= 0.3 is 0 Å². The van der Waals surface area contributed by atoms with Crippen LogP contribution >= 0.6 is 27.5 Å². The van der Waals surface area contributed by atoms with Crippen molar-refractivity contribution < 1.29 is 28.2 Å². The van der Waals surface area contributed by atoms with Crippen LogP contribution in [0.15, 0.2) is 33.6 Å². The van der Waals surface area contributed by atoms with Gasteiger partial charge in [0.25, 0.3) is 15.9 Å². The van der Waals surface area contributed by atoms with Gasteiger partial charge < -0.3 is 20.3 Å². The first kappa shape index (κ1) is 22.2. The molecule has 4 N–H and O–H groups in total. The molecule has 2 aliphatic rings. The number of halogens is 2. The summed E-state index contributed by atoms with van der Waals surface area (Å²) in [4.78, 5) is 12.3. The average Bonchev–Trinajstić information content (AvgIpc) is 3.43. The third-order valence-electron chi connectivity index (χ3n) is 5.22. The van der Waals surface area contributed by atoms with E-state index in [0.717, 1.165) is 18.4 Å². The third kappa shape index (κ3) is 4.77. The first-order valence-electron chi connectivity index (χ1n) is 9.62. The van der Waals surface area contributed by atoms with Crippen molar-refractivity contribution in [1.29, 1.82) is 0 Å². The second kappa shape index (κ2) is 8.50. The standard InChI is InChI=1S/C20H20BrClN2O6S/c21-12-7-15(22)19(26)17(8-12)31(28,29)24-16-6-11(10-1-2-10)5-14(18(16)25)20(27)23-13-3-4-30-9-13/h5-8,10,13,24-26H,1-4,9H2,(H,23,27)/t13-/m0/s1. The summed E-state index contributed by atoms with van der Waals surface area (Å²) < 4.78 is 33.8. The van der Waals surface area contributed by atoms with E-state index in [1.54, 1.807) is 6.07 Å². The van der Waals surface area contributed by atoms with Crippen molar-refractivity contribution in [3.63, 3.8) is 0 Å². The number of hydrogen-bond donors (Lipinski definition) is 4. The van der Waals surface area contributed by atoms with Gasteiger partial charge in [0.05, 0.1) is 28.9 Å². The first-order chi connectivity index (χ1) is 14.7. The van der Waals surface area contributed by atoms with E-state index in [2.05, 4.69) is 26.0 Å². The Balaban J connectivity index is 1.71. The fourth-order valence-electron chi connectivity index (χ4n) is 3.42. The van der Waals surface area contributed by atoms with Crippen LogP contribution in [0.1, 0.15) is 41.1 Å². The molecule has 1 atom stereocenters. The Morgan fingerprint density at radius 3 is 2.52 bits per heavy atom. The molecule has 1 aliphatic carbocycles. The maximum Gasteiger partial charge on any atom is 0.265 e. The number of amides is 1. The van der Waals surface area contributed by atoms with Crippen molar-refractivity contribution in [1.82, 2.24) is 5.32 Å².